The molecular weight excluding hydrogens is 414 g/mol. The van der Waals surface area contributed by atoms with E-state index in [9.17, 15) is 17.6 Å². The first-order chi connectivity index (χ1) is 14.8. The van der Waals surface area contributed by atoms with Gasteiger partial charge in [-0.25, -0.2) is 8.78 Å². The summed E-state index contributed by atoms with van der Waals surface area (Å²) in [5.74, 6) is -6.73. The first kappa shape index (κ1) is 20.4. The fraction of sp³-hybridized carbons (Fsp3) is 0.0909. The van der Waals surface area contributed by atoms with Crippen LogP contribution >= 0.6 is 0 Å². The molecule has 4 aromatic rings. The van der Waals surface area contributed by atoms with Crippen molar-refractivity contribution in [2.75, 3.05) is 5.73 Å². The van der Waals surface area contributed by atoms with Crippen LogP contribution in [0.3, 0.4) is 0 Å². The number of hydrogen-bond acceptors (Lipinski definition) is 5. The van der Waals surface area contributed by atoms with E-state index < -0.39 is 29.0 Å². The summed E-state index contributed by atoms with van der Waals surface area (Å²) >= 11 is 0. The normalized spacial score (nSPS) is 11.0. The Morgan fingerprint density at radius 2 is 1.65 bits per heavy atom. The highest BCUT2D eigenvalue weighted by Crippen LogP contribution is 2.29. The van der Waals surface area contributed by atoms with Gasteiger partial charge in [-0.05, 0) is 36.2 Å². The Balaban J connectivity index is 1.51. The van der Waals surface area contributed by atoms with E-state index in [0.717, 1.165) is 11.1 Å². The molecule has 0 saturated carbocycles. The summed E-state index contributed by atoms with van der Waals surface area (Å²) in [6, 6.07) is 12.0. The van der Waals surface area contributed by atoms with Gasteiger partial charge in [0, 0.05) is 22.9 Å². The summed E-state index contributed by atoms with van der Waals surface area (Å²) < 4.78 is 64.2. The topological polar surface area (TPSA) is 74.2 Å². The highest BCUT2D eigenvalue weighted by molar-refractivity contribution is 5.68. The molecule has 0 spiro atoms. The standard InChI is InChI=1S/C22H15F4N3O2/c1-11-14(3-2-4-17(11)27)21-28-22(31-29-21)13-7-5-12(6-8-13)10-30-20-18(25)15(23)9-16(24)19(20)26/h2-9H,10,27H2,1H3. The molecular formula is C22H15F4N3O2. The minimum absolute atomic E-state index is 0.121. The second-order valence-corrected chi connectivity index (χ2v) is 6.73. The molecule has 1 aromatic heterocycles. The van der Waals surface area contributed by atoms with E-state index in [1.807, 2.05) is 13.0 Å². The maximum atomic E-state index is 13.7. The zero-order chi connectivity index (χ0) is 22.1. The fourth-order valence-electron chi connectivity index (χ4n) is 2.92. The van der Waals surface area contributed by atoms with Gasteiger partial charge in [-0.1, -0.05) is 29.4 Å². The van der Waals surface area contributed by atoms with Crippen molar-refractivity contribution in [3.05, 3.63) is 82.9 Å². The number of anilines is 1. The largest absolute Gasteiger partial charge is 0.483 e. The van der Waals surface area contributed by atoms with Crippen LogP contribution in [0.2, 0.25) is 0 Å². The van der Waals surface area contributed by atoms with Gasteiger partial charge in [-0.15, -0.1) is 0 Å². The molecule has 9 heteroatoms. The maximum absolute atomic E-state index is 13.7. The van der Waals surface area contributed by atoms with E-state index in [-0.39, 0.29) is 18.6 Å². The van der Waals surface area contributed by atoms with Crippen LogP contribution in [0.15, 0.2) is 53.1 Å². The Morgan fingerprint density at radius 3 is 2.32 bits per heavy atom. The molecule has 31 heavy (non-hydrogen) atoms. The van der Waals surface area contributed by atoms with Crippen LogP contribution < -0.4 is 10.5 Å². The summed E-state index contributed by atoms with van der Waals surface area (Å²) in [4.78, 5) is 4.37. The van der Waals surface area contributed by atoms with Crippen molar-refractivity contribution in [1.82, 2.24) is 10.1 Å². The lowest BCUT2D eigenvalue weighted by molar-refractivity contribution is 0.261. The average Bonchev–Trinajstić information content (AvgIpc) is 3.25. The molecule has 0 bridgehead atoms. The Morgan fingerprint density at radius 1 is 0.968 bits per heavy atom. The van der Waals surface area contributed by atoms with Crippen molar-refractivity contribution in [2.45, 2.75) is 13.5 Å². The second-order valence-electron chi connectivity index (χ2n) is 6.73. The summed E-state index contributed by atoms with van der Waals surface area (Å²) in [6.45, 7) is 1.54. The van der Waals surface area contributed by atoms with Crippen LogP contribution in [-0.2, 0) is 6.61 Å². The number of ether oxygens (including phenoxy) is 1. The van der Waals surface area contributed by atoms with Crippen LogP contribution in [0.5, 0.6) is 5.75 Å². The number of aromatic nitrogens is 2. The van der Waals surface area contributed by atoms with Gasteiger partial charge in [0.05, 0.1) is 0 Å². The highest BCUT2D eigenvalue weighted by atomic mass is 19.2. The predicted molar refractivity (Wildman–Crippen MR) is 105 cm³/mol. The first-order valence-electron chi connectivity index (χ1n) is 9.09. The molecule has 5 nitrogen and oxygen atoms in total. The van der Waals surface area contributed by atoms with Crippen LogP contribution in [-0.4, -0.2) is 10.1 Å². The summed E-state index contributed by atoms with van der Waals surface area (Å²) in [6.07, 6.45) is 0. The second kappa shape index (κ2) is 8.10. The Kier molecular flexibility index (Phi) is 5.33. The molecule has 4 rings (SSSR count). The number of nitrogen functional groups attached to an aromatic ring is 1. The van der Waals surface area contributed by atoms with Crippen molar-refractivity contribution in [2.24, 2.45) is 0 Å². The lowest BCUT2D eigenvalue weighted by atomic mass is 10.1. The molecule has 0 aliphatic rings. The molecule has 0 radical (unpaired) electrons. The number of benzene rings is 3. The number of nitrogens with zero attached hydrogens (tertiary/aromatic N) is 2. The zero-order valence-electron chi connectivity index (χ0n) is 16.1. The van der Waals surface area contributed by atoms with E-state index in [1.165, 1.54) is 0 Å². The molecule has 2 N–H and O–H groups in total. The van der Waals surface area contributed by atoms with Crippen molar-refractivity contribution < 1.29 is 26.8 Å². The van der Waals surface area contributed by atoms with Crippen molar-refractivity contribution in [3.8, 4) is 28.6 Å². The minimum Gasteiger partial charge on any atom is -0.483 e. The Hall–Kier alpha value is -3.88. The van der Waals surface area contributed by atoms with Gasteiger partial charge in [0.1, 0.15) is 6.61 Å². The molecule has 0 atom stereocenters. The minimum atomic E-state index is -1.59. The third-order valence-electron chi connectivity index (χ3n) is 4.70. The van der Waals surface area contributed by atoms with Gasteiger partial charge in [-0.3, -0.25) is 0 Å². The number of rotatable bonds is 5. The van der Waals surface area contributed by atoms with Crippen molar-refractivity contribution in [3.63, 3.8) is 0 Å². The predicted octanol–water partition coefficient (Wildman–Crippen LogP) is 5.43. The van der Waals surface area contributed by atoms with E-state index in [1.54, 1.807) is 36.4 Å². The number of hydrogen-bond donors (Lipinski definition) is 1. The summed E-state index contributed by atoms with van der Waals surface area (Å²) in [5, 5.41) is 3.98. The van der Waals surface area contributed by atoms with E-state index >= 15 is 0 Å². The average molecular weight is 429 g/mol. The van der Waals surface area contributed by atoms with Crippen LogP contribution in [0.1, 0.15) is 11.1 Å². The molecule has 0 saturated heterocycles. The molecule has 1 heterocycles. The Labute approximate surface area is 174 Å². The van der Waals surface area contributed by atoms with Gasteiger partial charge >= 0.3 is 0 Å². The van der Waals surface area contributed by atoms with E-state index in [2.05, 4.69) is 10.1 Å². The molecule has 3 aromatic carbocycles. The smallest absolute Gasteiger partial charge is 0.258 e. The SMILES string of the molecule is Cc1c(N)cccc1-c1noc(-c2ccc(COc3c(F)c(F)cc(F)c3F)cc2)n1. The fourth-order valence-corrected chi connectivity index (χ4v) is 2.92. The van der Waals surface area contributed by atoms with Crippen LogP contribution in [0.25, 0.3) is 22.8 Å². The van der Waals surface area contributed by atoms with Gasteiger partial charge < -0.3 is 15.0 Å². The number of halogens is 4. The summed E-state index contributed by atoms with van der Waals surface area (Å²) in [7, 11) is 0. The third-order valence-corrected chi connectivity index (χ3v) is 4.70. The molecule has 0 aliphatic carbocycles. The maximum Gasteiger partial charge on any atom is 0.258 e. The Bertz CT molecular complexity index is 1230. The van der Waals surface area contributed by atoms with Gasteiger partial charge in [0.25, 0.3) is 5.89 Å². The van der Waals surface area contributed by atoms with Crippen molar-refractivity contribution in [1.29, 1.82) is 0 Å². The summed E-state index contributed by atoms with van der Waals surface area (Å²) in [5.41, 5.74) is 9.19. The van der Waals surface area contributed by atoms with Gasteiger partial charge in [-0.2, -0.15) is 13.8 Å². The van der Waals surface area contributed by atoms with Crippen LogP contribution in [0, 0.1) is 30.2 Å². The van der Waals surface area contributed by atoms with E-state index in [4.69, 9.17) is 15.0 Å². The van der Waals surface area contributed by atoms with Gasteiger partial charge in [0.2, 0.25) is 17.5 Å². The van der Waals surface area contributed by atoms with Crippen molar-refractivity contribution >= 4 is 5.69 Å². The number of nitrogens with two attached hydrogens (primary N) is 1. The van der Waals surface area contributed by atoms with E-state index in [0.29, 0.717) is 22.6 Å². The quantitative estimate of drug-likeness (QED) is 0.260. The highest BCUT2D eigenvalue weighted by Gasteiger charge is 2.20. The first-order valence-corrected chi connectivity index (χ1v) is 9.09. The van der Waals surface area contributed by atoms with Crippen LogP contribution in [0.4, 0.5) is 23.2 Å². The monoisotopic (exact) mass is 429 g/mol. The van der Waals surface area contributed by atoms with Gasteiger partial charge in [0.15, 0.2) is 17.4 Å². The third kappa shape index (κ3) is 3.94. The lowest BCUT2D eigenvalue weighted by Crippen LogP contribution is -2.03. The molecule has 0 fully saturated rings. The zero-order valence-corrected chi connectivity index (χ0v) is 16.1. The lowest BCUT2D eigenvalue weighted by Gasteiger charge is -2.09. The molecule has 0 aliphatic heterocycles. The molecule has 0 unspecified atom stereocenters. The molecule has 0 amide bonds. The molecule has 158 valence electrons.